The average molecular weight is 303 g/mol. The topological polar surface area (TPSA) is 68.0 Å². The Balaban J connectivity index is 1.90. The third kappa shape index (κ3) is 2.50. The predicted molar refractivity (Wildman–Crippen MR) is 87.7 cm³/mol. The largest absolute Gasteiger partial charge is 0.397 e. The minimum absolute atomic E-state index is 0.0619. The van der Waals surface area contributed by atoms with E-state index >= 15 is 0 Å². The number of thiophene rings is 1. The molecule has 0 radical (unpaired) electrons. The molecule has 1 amide bonds. The quantitative estimate of drug-likeness (QED) is 0.892. The van der Waals surface area contributed by atoms with Gasteiger partial charge in [0.25, 0.3) is 5.91 Å². The Kier molecular flexibility index (Phi) is 3.40. The Morgan fingerprint density at radius 1 is 1.48 bits per heavy atom. The maximum absolute atomic E-state index is 12.6. The second-order valence-electron chi connectivity index (χ2n) is 6.56. The van der Waals surface area contributed by atoms with Crippen molar-refractivity contribution in [1.82, 2.24) is 10.3 Å². The predicted octanol–water partition coefficient (Wildman–Crippen LogP) is 3.50. The number of carbonyl (C=O) groups is 1. The Labute approximate surface area is 128 Å². The zero-order chi connectivity index (χ0) is 15.2. The van der Waals surface area contributed by atoms with Crippen molar-refractivity contribution in [3.05, 3.63) is 22.7 Å². The van der Waals surface area contributed by atoms with Crippen molar-refractivity contribution in [2.24, 2.45) is 5.41 Å². The number of aromatic nitrogens is 1. The van der Waals surface area contributed by atoms with Crippen LogP contribution in [0.3, 0.4) is 0 Å². The summed E-state index contributed by atoms with van der Waals surface area (Å²) in [6.45, 7) is 6.37. The highest BCUT2D eigenvalue weighted by atomic mass is 32.1. The fourth-order valence-electron chi connectivity index (χ4n) is 3.08. The van der Waals surface area contributed by atoms with Crippen molar-refractivity contribution >= 4 is 33.1 Å². The van der Waals surface area contributed by atoms with Crippen LogP contribution in [0.5, 0.6) is 0 Å². The molecule has 1 unspecified atom stereocenters. The van der Waals surface area contributed by atoms with Crippen molar-refractivity contribution in [3.8, 4) is 0 Å². The molecule has 1 atom stereocenters. The van der Waals surface area contributed by atoms with E-state index in [9.17, 15) is 4.79 Å². The molecule has 112 valence electrons. The molecule has 2 aromatic rings. The Bertz CT molecular complexity index is 705. The molecule has 4 nitrogen and oxygen atoms in total. The van der Waals surface area contributed by atoms with Crippen LogP contribution < -0.4 is 11.1 Å². The first-order chi connectivity index (χ1) is 9.88. The van der Waals surface area contributed by atoms with Gasteiger partial charge in [-0.15, -0.1) is 11.3 Å². The molecule has 3 rings (SSSR count). The van der Waals surface area contributed by atoms with Crippen molar-refractivity contribution in [1.29, 1.82) is 0 Å². The second kappa shape index (κ2) is 4.98. The van der Waals surface area contributed by atoms with E-state index in [1.165, 1.54) is 17.8 Å². The summed E-state index contributed by atoms with van der Waals surface area (Å²) >= 11 is 1.38. The summed E-state index contributed by atoms with van der Waals surface area (Å²) in [5.41, 5.74) is 7.79. The third-order valence-electron chi connectivity index (χ3n) is 4.50. The maximum Gasteiger partial charge on any atom is 0.263 e. The molecule has 0 bridgehead atoms. The molecule has 0 spiro atoms. The lowest BCUT2D eigenvalue weighted by atomic mass is 9.87. The van der Waals surface area contributed by atoms with Gasteiger partial charge in [-0.1, -0.05) is 20.3 Å². The Morgan fingerprint density at radius 2 is 2.24 bits per heavy atom. The molecule has 3 N–H and O–H groups in total. The van der Waals surface area contributed by atoms with Gasteiger partial charge in [0, 0.05) is 17.1 Å². The average Bonchev–Trinajstić information content (AvgIpc) is 2.90. The molecule has 1 fully saturated rings. The smallest absolute Gasteiger partial charge is 0.263 e. The number of pyridine rings is 1. The van der Waals surface area contributed by atoms with E-state index in [4.69, 9.17) is 5.73 Å². The maximum atomic E-state index is 12.6. The number of aryl methyl sites for hydroxylation is 1. The first-order valence-electron chi connectivity index (χ1n) is 7.35. The summed E-state index contributed by atoms with van der Waals surface area (Å²) in [6, 6.07) is 4.09. The van der Waals surface area contributed by atoms with Gasteiger partial charge in [-0.25, -0.2) is 4.98 Å². The van der Waals surface area contributed by atoms with Crippen LogP contribution in [-0.2, 0) is 0 Å². The van der Waals surface area contributed by atoms with Crippen molar-refractivity contribution < 1.29 is 4.79 Å². The van der Waals surface area contributed by atoms with E-state index in [0.717, 1.165) is 28.8 Å². The third-order valence-corrected chi connectivity index (χ3v) is 5.62. The fraction of sp³-hybridized carbons (Fsp3) is 0.500. The molecule has 2 aromatic heterocycles. The van der Waals surface area contributed by atoms with Crippen molar-refractivity contribution in [2.45, 2.75) is 46.1 Å². The van der Waals surface area contributed by atoms with E-state index in [2.05, 4.69) is 24.1 Å². The lowest BCUT2D eigenvalue weighted by Gasteiger charge is -2.27. The fourth-order valence-corrected chi connectivity index (χ4v) is 4.12. The van der Waals surface area contributed by atoms with E-state index in [0.29, 0.717) is 10.6 Å². The van der Waals surface area contributed by atoms with Crippen LogP contribution in [0.1, 0.15) is 48.5 Å². The number of nitrogens with one attached hydrogen (secondary N) is 1. The SMILES string of the molecule is Cc1ccc2c(N)c(C(=O)NC3CCCC3(C)C)sc2n1. The first kappa shape index (κ1) is 14.3. The molecule has 2 heterocycles. The summed E-state index contributed by atoms with van der Waals surface area (Å²) < 4.78 is 0. The number of carbonyl (C=O) groups excluding carboxylic acids is 1. The van der Waals surface area contributed by atoms with Crippen LogP contribution in [0.25, 0.3) is 10.2 Å². The standard InChI is InChI=1S/C16H21N3OS/c1-9-6-7-10-12(17)13(21-15(10)18-9)14(20)19-11-5-4-8-16(11,2)3/h6-7,11H,4-5,8,17H2,1-3H3,(H,19,20). The molecule has 0 saturated heterocycles. The van der Waals surface area contributed by atoms with Crippen LogP contribution in [-0.4, -0.2) is 16.9 Å². The molecule has 5 heteroatoms. The molecule has 1 aliphatic carbocycles. The number of nitrogen functional groups attached to an aromatic ring is 1. The lowest BCUT2D eigenvalue weighted by molar-refractivity contribution is 0.0915. The van der Waals surface area contributed by atoms with Gasteiger partial charge >= 0.3 is 0 Å². The van der Waals surface area contributed by atoms with Gasteiger partial charge in [0.1, 0.15) is 9.71 Å². The normalized spacial score (nSPS) is 20.8. The first-order valence-corrected chi connectivity index (χ1v) is 8.16. The minimum Gasteiger partial charge on any atom is -0.397 e. The van der Waals surface area contributed by atoms with Gasteiger partial charge in [0.15, 0.2) is 0 Å². The Hall–Kier alpha value is -1.62. The van der Waals surface area contributed by atoms with Crippen molar-refractivity contribution in [2.75, 3.05) is 5.73 Å². The monoisotopic (exact) mass is 303 g/mol. The number of nitrogens with zero attached hydrogens (tertiary/aromatic N) is 1. The zero-order valence-corrected chi connectivity index (χ0v) is 13.5. The van der Waals surface area contributed by atoms with Crippen LogP contribution in [0.4, 0.5) is 5.69 Å². The van der Waals surface area contributed by atoms with Gasteiger partial charge < -0.3 is 11.1 Å². The minimum atomic E-state index is -0.0619. The molecule has 1 saturated carbocycles. The molecule has 21 heavy (non-hydrogen) atoms. The molecule has 0 aliphatic heterocycles. The molecular formula is C16H21N3OS. The van der Waals surface area contributed by atoms with Crippen LogP contribution in [0.2, 0.25) is 0 Å². The number of amides is 1. The number of nitrogens with two attached hydrogens (primary N) is 1. The lowest BCUT2D eigenvalue weighted by Crippen LogP contribution is -2.41. The number of hydrogen-bond acceptors (Lipinski definition) is 4. The summed E-state index contributed by atoms with van der Waals surface area (Å²) in [5.74, 6) is -0.0619. The van der Waals surface area contributed by atoms with E-state index in [-0.39, 0.29) is 17.4 Å². The van der Waals surface area contributed by atoms with E-state index < -0.39 is 0 Å². The Morgan fingerprint density at radius 3 is 2.90 bits per heavy atom. The molecular weight excluding hydrogens is 282 g/mol. The number of hydrogen-bond donors (Lipinski definition) is 2. The number of fused-ring (bicyclic) bond motifs is 1. The van der Waals surface area contributed by atoms with Crippen LogP contribution in [0, 0.1) is 12.3 Å². The van der Waals surface area contributed by atoms with Gasteiger partial charge in [0.05, 0.1) is 5.69 Å². The van der Waals surface area contributed by atoms with Gasteiger partial charge in [0.2, 0.25) is 0 Å². The highest BCUT2D eigenvalue weighted by Crippen LogP contribution is 2.38. The highest BCUT2D eigenvalue weighted by Gasteiger charge is 2.36. The second-order valence-corrected chi connectivity index (χ2v) is 7.56. The van der Waals surface area contributed by atoms with Crippen LogP contribution >= 0.6 is 11.3 Å². The molecule has 1 aliphatic rings. The summed E-state index contributed by atoms with van der Waals surface area (Å²) in [5, 5.41) is 4.04. The van der Waals surface area contributed by atoms with Gasteiger partial charge in [-0.3, -0.25) is 4.79 Å². The summed E-state index contributed by atoms with van der Waals surface area (Å²) in [4.78, 5) is 18.4. The van der Waals surface area contributed by atoms with Crippen molar-refractivity contribution in [3.63, 3.8) is 0 Å². The number of anilines is 1. The van der Waals surface area contributed by atoms with E-state index in [1.807, 2.05) is 19.1 Å². The highest BCUT2D eigenvalue weighted by molar-refractivity contribution is 7.21. The number of rotatable bonds is 2. The summed E-state index contributed by atoms with van der Waals surface area (Å²) in [6.07, 6.45) is 3.36. The van der Waals surface area contributed by atoms with E-state index in [1.54, 1.807) is 0 Å². The van der Waals surface area contributed by atoms with Gasteiger partial charge in [-0.2, -0.15) is 0 Å². The van der Waals surface area contributed by atoms with Crippen LogP contribution in [0.15, 0.2) is 12.1 Å². The van der Waals surface area contributed by atoms with Gasteiger partial charge in [-0.05, 0) is 37.3 Å². The molecule has 0 aromatic carbocycles. The zero-order valence-electron chi connectivity index (χ0n) is 12.7. The summed E-state index contributed by atoms with van der Waals surface area (Å²) in [7, 11) is 0.